The van der Waals surface area contributed by atoms with Crippen LogP contribution in [0.2, 0.25) is 0 Å². The largest absolute Gasteiger partial charge is 0.497 e. The van der Waals surface area contributed by atoms with E-state index in [4.69, 9.17) is 4.74 Å². The van der Waals surface area contributed by atoms with Gasteiger partial charge in [0, 0.05) is 30.4 Å². The molecule has 31 heavy (non-hydrogen) atoms. The van der Waals surface area contributed by atoms with Gasteiger partial charge in [-0.1, -0.05) is 29.5 Å². The number of carbonyl (C=O) groups is 2. The molecule has 1 atom stereocenters. The summed E-state index contributed by atoms with van der Waals surface area (Å²) in [4.78, 5) is 26.9. The van der Waals surface area contributed by atoms with Gasteiger partial charge in [-0.05, 0) is 49.2 Å². The summed E-state index contributed by atoms with van der Waals surface area (Å²) >= 11 is 1.27. The van der Waals surface area contributed by atoms with Gasteiger partial charge in [0.05, 0.1) is 7.11 Å². The predicted molar refractivity (Wildman–Crippen MR) is 120 cm³/mol. The summed E-state index contributed by atoms with van der Waals surface area (Å²) in [6.45, 7) is 1.24. The van der Waals surface area contributed by atoms with E-state index in [1.54, 1.807) is 36.3 Å². The number of nitrogens with zero attached hydrogens (tertiary/aromatic N) is 3. The van der Waals surface area contributed by atoms with Crippen LogP contribution in [-0.2, 0) is 0 Å². The van der Waals surface area contributed by atoms with E-state index in [1.165, 1.54) is 11.3 Å². The molecule has 1 saturated heterocycles. The third kappa shape index (κ3) is 5.18. The minimum Gasteiger partial charge on any atom is -0.497 e. The number of methoxy groups -OCH3 is 1. The first-order chi connectivity index (χ1) is 15.1. The van der Waals surface area contributed by atoms with E-state index in [0.29, 0.717) is 29.5 Å². The van der Waals surface area contributed by atoms with Crippen molar-refractivity contribution in [2.45, 2.75) is 18.8 Å². The molecule has 1 fully saturated rings. The maximum Gasteiger partial charge on any atom is 0.321 e. The van der Waals surface area contributed by atoms with Crippen molar-refractivity contribution < 1.29 is 14.3 Å². The number of nitrogens with one attached hydrogen (secondary N) is 2. The highest BCUT2D eigenvalue weighted by atomic mass is 32.1. The summed E-state index contributed by atoms with van der Waals surface area (Å²) in [5.41, 5.74) is 1.42. The monoisotopic (exact) mass is 437 g/mol. The maximum atomic E-state index is 12.6. The highest BCUT2D eigenvalue weighted by Gasteiger charge is 2.28. The Morgan fingerprint density at radius 3 is 2.52 bits per heavy atom. The molecule has 2 N–H and O–H groups in total. The summed E-state index contributed by atoms with van der Waals surface area (Å²) in [5, 5.41) is 15.1. The third-order valence-electron chi connectivity index (χ3n) is 5.07. The fraction of sp³-hybridized carbons (Fsp3) is 0.273. The average molecular weight is 438 g/mol. The molecule has 1 aromatic heterocycles. The van der Waals surface area contributed by atoms with E-state index in [9.17, 15) is 9.59 Å². The van der Waals surface area contributed by atoms with Crippen LogP contribution in [0.25, 0.3) is 0 Å². The topological polar surface area (TPSA) is 96.4 Å². The summed E-state index contributed by atoms with van der Waals surface area (Å²) in [5.74, 6) is 0.480. The smallest absolute Gasteiger partial charge is 0.321 e. The van der Waals surface area contributed by atoms with Gasteiger partial charge in [-0.3, -0.25) is 4.79 Å². The van der Waals surface area contributed by atoms with Gasteiger partial charge in [0.2, 0.25) is 5.01 Å². The van der Waals surface area contributed by atoms with Gasteiger partial charge in [0.15, 0.2) is 0 Å². The Morgan fingerprint density at radius 2 is 1.77 bits per heavy atom. The van der Waals surface area contributed by atoms with Crippen LogP contribution in [0.3, 0.4) is 0 Å². The van der Waals surface area contributed by atoms with E-state index in [2.05, 4.69) is 20.8 Å². The number of likely N-dealkylation sites (tertiary alicyclic amines) is 1. The molecule has 3 aromatic rings. The molecule has 0 spiro atoms. The van der Waals surface area contributed by atoms with Crippen molar-refractivity contribution in [3.63, 3.8) is 0 Å². The molecular formula is C22H23N5O3S. The zero-order valence-electron chi connectivity index (χ0n) is 17.1. The molecule has 9 heteroatoms. The van der Waals surface area contributed by atoms with E-state index in [1.807, 2.05) is 30.3 Å². The average Bonchev–Trinajstić information content (AvgIpc) is 3.31. The number of hydrogen-bond acceptors (Lipinski definition) is 6. The molecule has 4 rings (SSSR count). The molecule has 8 nitrogen and oxygen atoms in total. The van der Waals surface area contributed by atoms with E-state index in [0.717, 1.165) is 23.5 Å². The number of urea groups is 1. The molecule has 2 heterocycles. The SMILES string of the molecule is COc1ccc(NC(=O)c2nnc([C@H]3CCCN(C(=O)Nc4ccccc4)C3)s2)cc1. The Kier molecular flexibility index (Phi) is 6.42. The minimum absolute atomic E-state index is 0.0651. The lowest BCUT2D eigenvalue weighted by molar-refractivity contribution is 0.102. The molecule has 0 bridgehead atoms. The Balaban J connectivity index is 1.37. The number of hydrogen-bond donors (Lipinski definition) is 2. The second kappa shape index (κ2) is 9.57. The zero-order valence-corrected chi connectivity index (χ0v) is 17.9. The van der Waals surface area contributed by atoms with Gasteiger partial charge < -0.3 is 20.3 Å². The highest BCUT2D eigenvalue weighted by molar-refractivity contribution is 7.13. The summed E-state index contributed by atoms with van der Waals surface area (Å²) in [6.07, 6.45) is 1.78. The molecule has 0 unspecified atom stereocenters. The predicted octanol–water partition coefficient (Wildman–Crippen LogP) is 4.21. The van der Waals surface area contributed by atoms with Gasteiger partial charge in [0.25, 0.3) is 5.91 Å². The Labute approximate surface area is 184 Å². The zero-order chi connectivity index (χ0) is 21.6. The van der Waals surface area contributed by atoms with Crippen molar-refractivity contribution in [1.29, 1.82) is 0 Å². The van der Waals surface area contributed by atoms with Crippen molar-refractivity contribution in [2.24, 2.45) is 0 Å². The molecule has 160 valence electrons. The molecule has 3 amide bonds. The summed E-state index contributed by atoms with van der Waals surface area (Å²) in [7, 11) is 1.59. The van der Waals surface area contributed by atoms with Crippen LogP contribution in [0.15, 0.2) is 54.6 Å². The van der Waals surface area contributed by atoms with Gasteiger partial charge in [0.1, 0.15) is 10.8 Å². The Morgan fingerprint density at radius 1 is 1.03 bits per heavy atom. The number of aromatic nitrogens is 2. The van der Waals surface area contributed by atoms with Crippen LogP contribution in [-0.4, -0.2) is 47.2 Å². The summed E-state index contributed by atoms with van der Waals surface area (Å²) < 4.78 is 5.12. The molecule has 0 radical (unpaired) electrons. The van der Waals surface area contributed by atoms with Crippen molar-refractivity contribution in [3.05, 3.63) is 64.6 Å². The molecule has 1 aliphatic rings. The Hall–Kier alpha value is -3.46. The molecule has 1 aliphatic heterocycles. The fourth-order valence-electron chi connectivity index (χ4n) is 3.44. The maximum absolute atomic E-state index is 12.6. The lowest BCUT2D eigenvalue weighted by Crippen LogP contribution is -2.41. The lowest BCUT2D eigenvalue weighted by atomic mass is 9.99. The first-order valence-corrected chi connectivity index (χ1v) is 10.8. The van der Waals surface area contributed by atoms with Gasteiger partial charge in [-0.2, -0.15) is 0 Å². The van der Waals surface area contributed by atoms with Crippen LogP contribution in [0, 0.1) is 0 Å². The molecular weight excluding hydrogens is 414 g/mol. The van der Waals surface area contributed by atoms with E-state index in [-0.39, 0.29) is 17.9 Å². The lowest BCUT2D eigenvalue weighted by Gasteiger charge is -2.31. The van der Waals surface area contributed by atoms with Crippen molar-refractivity contribution in [3.8, 4) is 5.75 Å². The normalized spacial score (nSPS) is 15.9. The van der Waals surface area contributed by atoms with E-state index >= 15 is 0 Å². The van der Waals surface area contributed by atoms with Crippen LogP contribution in [0.5, 0.6) is 5.75 Å². The number of amides is 3. The molecule has 0 aliphatic carbocycles. The van der Waals surface area contributed by atoms with Crippen LogP contribution < -0.4 is 15.4 Å². The van der Waals surface area contributed by atoms with Crippen LogP contribution in [0.1, 0.15) is 33.6 Å². The Bertz CT molecular complexity index is 1040. The number of rotatable bonds is 5. The molecule has 0 saturated carbocycles. The second-order valence-electron chi connectivity index (χ2n) is 7.21. The number of benzene rings is 2. The van der Waals surface area contributed by atoms with Crippen molar-refractivity contribution in [1.82, 2.24) is 15.1 Å². The first kappa shape index (κ1) is 20.8. The van der Waals surface area contributed by atoms with Crippen LogP contribution >= 0.6 is 11.3 Å². The number of carbonyl (C=O) groups excluding carboxylic acids is 2. The minimum atomic E-state index is -0.302. The van der Waals surface area contributed by atoms with E-state index < -0.39 is 0 Å². The van der Waals surface area contributed by atoms with Crippen molar-refractivity contribution in [2.75, 3.05) is 30.8 Å². The fourth-order valence-corrected chi connectivity index (χ4v) is 4.30. The first-order valence-electron chi connectivity index (χ1n) is 10.0. The number of ether oxygens (including phenoxy) is 1. The van der Waals surface area contributed by atoms with Gasteiger partial charge in [-0.25, -0.2) is 4.79 Å². The van der Waals surface area contributed by atoms with Crippen LogP contribution in [0.4, 0.5) is 16.2 Å². The number of anilines is 2. The standard InChI is InChI=1S/C22H23N5O3S/c1-30-18-11-9-17(10-12-18)23-19(28)21-26-25-20(31-21)15-6-5-13-27(14-15)22(29)24-16-7-3-2-4-8-16/h2-4,7-12,15H,5-6,13-14H2,1H3,(H,23,28)(H,24,29)/t15-/m0/s1. The number of piperidine rings is 1. The number of para-hydroxylation sites is 1. The third-order valence-corrected chi connectivity index (χ3v) is 6.15. The summed E-state index contributed by atoms with van der Waals surface area (Å²) in [6, 6.07) is 16.4. The highest BCUT2D eigenvalue weighted by Crippen LogP contribution is 2.30. The van der Waals surface area contributed by atoms with Gasteiger partial charge >= 0.3 is 6.03 Å². The quantitative estimate of drug-likeness (QED) is 0.623. The molecule has 2 aromatic carbocycles. The van der Waals surface area contributed by atoms with Gasteiger partial charge in [-0.15, -0.1) is 10.2 Å². The van der Waals surface area contributed by atoms with Crippen molar-refractivity contribution >= 4 is 34.6 Å². The second-order valence-corrected chi connectivity index (χ2v) is 8.22.